The molecule has 4 aromatic carbocycles. The van der Waals surface area contributed by atoms with E-state index in [1.54, 1.807) is 0 Å². The smallest absolute Gasteiger partial charge is 0.00135 e. The molecule has 39 heavy (non-hydrogen) atoms. The molecule has 216 valence electrons. The van der Waals surface area contributed by atoms with E-state index >= 15 is 0 Å². The van der Waals surface area contributed by atoms with Gasteiger partial charge in [0.1, 0.15) is 0 Å². The normalized spacial score (nSPS) is 10.6. The molecule has 0 bridgehead atoms. The lowest BCUT2D eigenvalue weighted by atomic mass is 10.1. The fourth-order valence-corrected chi connectivity index (χ4v) is 4.27. The Labute approximate surface area is 243 Å². The highest BCUT2D eigenvalue weighted by Crippen LogP contribution is 2.35. The van der Waals surface area contributed by atoms with Crippen LogP contribution >= 0.6 is 0 Å². The van der Waals surface area contributed by atoms with Crippen molar-refractivity contribution in [2.45, 2.75) is 103 Å². The Morgan fingerprint density at radius 1 is 0.436 bits per heavy atom. The lowest BCUT2D eigenvalue weighted by Gasteiger charge is -1.99. The highest BCUT2D eigenvalue weighted by molar-refractivity contribution is 5.90. The highest BCUT2D eigenvalue weighted by atomic mass is 14.2. The van der Waals surface area contributed by atoms with Crippen molar-refractivity contribution < 1.29 is 0 Å². The summed E-state index contributed by atoms with van der Waals surface area (Å²) in [6.07, 6.45) is 3.57. The van der Waals surface area contributed by atoms with E-state index in [9.17, 15) is 0 Å². The number of fused-ring (bicyclic) bond motifs is 3. The third-order valence-electron chi connectivity index (χ3n) is 5.45. The summed E-state index contributed by atoms with van der Waals surface area (Å²) in [5.41, 5.74) is 8.81. The zero-order valence-corrected chi connectivity index (χ0v) is 25.4. The lowest BCUT2D eigenvalue weighted by Crippen LogP contribution is -1.77. The third-order valence-corrected chi connectivity index (χ3v) is 5.45. The van der Waals surface area contributed by atoms with Crippen molar-refractivity contribution in [3.05, 3.63) is 107 Å². The van der Waals surface area contributed by atoms with Gasteiger partial charge in [0.2, 0.25) is 0 Å². The van der Waals surface area contributed by atoms with Gasteiger partial charge < -0.3 is 0 Å². The Bertz CT molecular complexity index is 1070. The van der Waals surface area contributed by atoms with E-state index in [0.29, 0.717) is 0 Å². The molecule has 0 saturated heterocycles. The second kappa shape index (κ2) is 21.0. The Morgan fingerprint density at radius 2 is 0.744 bits per heavy atom. The molecular formula is C39H60. The fourth-order valence-electron chi connectivity index (χ4n) is 4.27. The molecule has 0 atom stereocenters. The second-order valence-electron chi connectivity index (χ2n) is 10.4. The summed E-state index contributed by atoms with van der Waals surface area (Å²) in [5, 5.41) is 2.92. The molecule has 0 aromatic heterocycles. The maximum Gasteiger partial charge on any atom is -0.00135 e. The predicted octanol–water partition coefficient (Wildman–Crippen LogP) is 12.8. The molecule has 0 N–H and O–H groups in total. The Morgan fingerprint density at radius 3 is 1.10 bits per heavy atom. The molecule has 0 nitrogen and oxygen atoms in total. The Balaban J connectivity index is 0. The van der Waals surface area contributed by atoms with Gasteiger partial charge in [-0.25, -0.2) is 0 Å². The van der Waals surface area contributed by atoms with Gasteiger partial charge in [-0.1, -0.05) is 169 Å². The van der Waals surface area contributed by atoms with Gasteiger partial charge in [0, 0.05) is 0 Å². The zero-order chi connectivity index (χ0) is 27.8. The first kappa shape index (κ1) is 38.3. The van der Waals surface area contributed by atoms with Crippen molar-refractivity contribution in [1.82, 2.24) is 0 Å². The number of rotatable bonds is 0. The van der Waals surface area contributed by atoms with E-state index in [1.807, 2.05) is 27.7 Å². The Hall–Kier alpha value is -2.86. The van der Waals surface area contributed by atoms with Gasteiger partial charge >= 0.3 is 0 Å². The van der Waals surface area contributed by atoms with Crippen molar-refractivity contribution in [2.24, 2.45) is 11.8 Å². The molecule has 4 aromatic rings. The van der Waals surface area contributed by atoms with Gasteiger partial charge in [0.25, 0.3) is 0 Å². The fraction of sp³-hybridized carbons (Fsp3) is 0.436. The zero-order valence-electron chi connectivity index (χ0n) is 25.4. The van der Waals surface area contributed by atoms with Crippen molar-refractivity contribution in [1.29, 1.82) is 0 Å². The molecule has 0 spiro atoms. The minimum absolute atomic E-state index is 0. The van der Waals surface area contributed by atoms with Crippen LogP contribution in [0.1, 0.15) is 106 Å². The minimum Gasteiger partial charge on any atom is -0.0776 e. The molecule has 0 fully saturated rings. The molecule has 2 aliphatic carbocycles. The summed E-state index contributed by atoms with van der Waals surface area (Å²) in [5.74, 6) is 1.67. The summed E-state index contributed by atoms with van der Waals surface area (Å²) in [4.78, 5) is 0. The van der Waals surface area contributed by atoms with Crippen LogP contribution in [0.4, 0.5) is 0 Å². The van der Waals surface area contributed by atoms with E-state index < -0.39 is 0 Å². The van der Waals surface area contributed by atoms with E-state index in [1.165, 1.54) is 57.0 Å². The van der Waals surface area contributed by atoms with Crippen molar-refractivity contribution in [3.8, 4) is 11.1 Å². The number of aryl methyl sites for hydroxylation is 2. The van der Waals surface area contributed by atoms with Crippen LogP contribution in [0.2, 0.25) is 0 Å². The van der Waals surface area contributed by atoms with E-state index in [0.717, 1.165) is 18.3 Å². The maximum absolute atomic E-state index is 2.25. The van der Waals surface area contributed by atoms with Gasteiger partial charge in [-0.2, -0.15) is 0 Å². The maximum atomic E-state index is 2.25. The van der Waals surface area contributed by atoms with E-state index in [2.05, 4.69) is 126 Å². The van der Waals surface area contributed by atoms with Crippen molar-refractivity contribution in [3.63, 3.8) is 0 Å². The summed E-state index contributed by atoms with van der Waals surface area (Å²) < 4.78 is 0. The minimum atomic E-state index is 0. The summed E-state index contributed by atoms with van der Waals surface area (Å²) >= 11 is 0. The van der Waals surface area contributed by atoms with E-state index in [-0.39, 0.29) is 14.9 Å². The van der Waals surface area contributed by atoms with E-state index in [4.69, 9.17) is 0 Å². The van der Waals surface area contributed by atoms with Crippen LogP contribution in [0.15, 0.2) is 84.9 Å². The quantitative estimate of drug-likeness (QED) is 0.187. The van der Waals surface area contributed by atoms with Crippen LogP contribution in [0.25, 0.3) is 21.9 Å². The van der Waals surface area contributed by atoms with Crippen LogP contribution < -0.4 is 0 Å². The lowest BCUT2D eigenvalue weighted by molar-refractivity contribution is 0.736. The number of hydrogen-bond donors (Lipinski definition) is 0. The molecule has 0 aliphatic heterocycles. The Kier molecular flexibility index (Phi) is 20.6. The van der Waals surface area contributed by atoms with Gasteiger partial charge in [-0.15, -0.1) is 0 Å². The highest BCUT2D eigenvalue weighted by Gasteiger charge is 2.16. The third kappa shape index (κ3) is 12.2. The standard InChI is InChI=1S/C13H10.C12H10.2C4H10.2C2H6.2CH4/c1-3-7-12-10(5-1)9-11-6-2-4-8-13(11)12;1-3-9-4-2-6-11-8-7-10(5-1)12(9)11;2*1-4(2)3;2*1-2;;/h1-8H,9H2;1-6H,7-8H2;2*4H,1-3H3;2*1-2H3;2*1H4. The SMILES string of the molecule is C.C.CC.CC.CC(C)C.CC(C)C.c1cc2c3c(cccc3c1)CC2.c1ccc2c(c1)Cc1ccccc1-2. The van der Waals surface area contributed by atoms with Crippen LogP contribution in [0, 0.1) is 11.8 Å². The van der Waals surface area contributed by atoms with Crippen molar-refractivity contribution >= 4 is 10.8 Å². The number of benzene rings is 4. The topological polar surface area (TPSA) is 0 Å². The second-order valence-corrected chi connectivity index (χ2v) is 10.4. The van der Waals surface area contributed by atoms with Gasteiger partial charge in [-0.05, 0) is 75.3 Å². The van der Waals surface area contributed by atoms with Crippen LogP contribution in [0.3, 0.4) is 0 Å². The monoisotopic (exact) mass is 528 g/mol. The molecule has 0 heteroatoms. The van der Waals surface area contributed by atoms with Crippen LogP contribution in [0.5, 0.6) is 0 Å². The average molecular weight is 529 g/mol. The van der Waals surface area contributed by atoms with Crippen LogP contribution in [-0.4, -0.2) is 0 Å². The van der Waals surface area contributed by atoms with Crippen LogP contribution in [-0.2, 0) is 19.3 Å². The number of hydrogen-bond acceptors (Lipinski definition) is 0. The molecule has 2 aliphatic rings. The summed E-state index contributed by atoms with van der Waals surface area (Å²) in [6.45, 7) is 21.0. The van der Waals surface area contributed by atoms with Gasteiger partial charge in [0.05, 0.1) is 0 Å². The summed E-state index contributed by atoms with van der Waals surface area (Å²) in [6, 6.07) is 30.5. The molecule has 6 rings (SSSR count). The molecule has 0 amide bonds. The van der Waals surface area contributed by atoms with Gasteiger partial charge in [-0.3, -0.25) is 0 Å². The first-order valence-electron chi connectivity index (χ1n) is 14.5. The molecular weight excluding hydrogens is 468 g/mol. The molecule has 0 heterocycles. The first-order valence-corrected chi connectivity index (χ1v) is 14.5. The molecule has 0 unspecified atom stereocenters. The predicted molar refractivity (Wildman–Crippen MR) is 183 cm³/mol. The largest absolute Gasteiger partial charge is 0.0776 e. The molecule has 0 saturated carbocycles. The van der Waals surface area contributed by atoms with Crippen molar-refractivity contribution in [2.75, 3.05) is 0 Å². The molecule has 0 radical (unpaired) electrons. The summed E-state index contributed by atoms with van der Waals surface area (Å²) in [7, 11) is 0. The van der Waals surface area contributed by atoms with Gasteiger partial charge in [0.15, 0.2) is 0 Å². The first-order chi connectivity index (χ1) is 17.9. The average Bonchev–Trinajstić information content (AvgIpc) is 3.49.